The highest BCUT2D eigenvalue weighted by Crippen LogP contribution is 2.21. The SMILES string of the molecule is C=C1CCN=C2CCCCCN12. The van der Waals surface area contributed by atoms with Crippen molar-refractivity contribution in [3.63, 3.8) is 0 Å². The normalized spacial score (nSPS) is 24.5. The van der Waals surface area contributed by atoms with Crippen LogP contribution in [0.3, 0.4) is 0 Å². The van der Waals surface area contributed by atoms with Crippen LogP contribution in [0.15, 0.2) is 17.3 Å². The third-order valence-corrected chi connectivity index (χ3v) is 2.67. The van der Waals surface area contributed by atoms with E-state index in [1.165, 1.54) is 37.2 Å². The second-order valence-corrected chi connectivity index (χ2v) is 3.58. The lowest BCUT2D eigenvalue weighted by molar-refractivity contribution is 0.467. The van der Waals surface area contributed by atoms with Crippen LogP contribution in [-0.4, -0.2) is 23.8 Å². The van der Waals surface area contributed by atoms with Crippen molar-refractivity contribution < 1.29 is 0 Å². The second-order valence-electron chi connectivity index (χ2n) is 3.58. The summed E-state index contributed by atoms with van der Waals surface area (Å²) in [4.78, 5) is 6.87. The first-order chi connectivity index (χ1) is 5.88. The molecule has 1 saturated heterocycles. The van der Waals surface area contributed by atoms with Crippen LogP contribution in [0.1, 0.15) is 32.1 Å². The minimum Gasteiger partial charge on any atom is -0.334 e. The summed E-state index contributed by atoms with van der Waals surface area (Å²) in [6, 6.07) is 0. The van der Waals surface area contributed by atoms with Gasteiger partial charge in [-0.05, 0) is 12.8 Å². The third kappa shape index (κ3) is 1.38. The number of nitrogens with zero attached hydrogens (tertiary/aromatic N) is 2. The maximum atomic E-state index is 4.54. The van der Waals surface area contributed by atoms with Gasteiger partial charge in [0.2, 0.25) is 0 Å². The molecule has 2 aliphatic heterocycles. The van der Waals surface area contributed by atoms with Gasteiger partial charge in [0.25, 0.3) is 0 Å². The molecule has 0 aromatic carbocycles. The van der Waals surface area contributed by atoms with E-state index in [0.717, 1.165) is 19.5 Å². The summed E-state index contributed by atoms with van der Waals surface area (Å²) in [7, 11) is 0. The summed E-state index contributed by atoms with van der Waals surface area (Å²) in [5.74, 6) is 1.30. The number of hydrogen-bond acceptors (Lipinski definition) is 2. The first-order valence-electron chi connectivity index (χ1n) is 4.86. The Bertz CT molecular complexity index is 218. The Morgan fingerprint density at radius 3 is 3.00 bits per heavy atom. The fourth-order valence-electron chi connectivity index (χ4n) is 1.95. The maximum Gasteiger partial charge on any atom is 0.103 e. The van der Waals surface area contributed by atoms with Crippen LogP contribution >= 0.6 is 0 Å². The van der Waals surface area contributed by atoms with E-state index in [1.807, 2.05) is 0 Å². The molecule has 0 spiro atoms. The first-order valence-corrected chi connectivity index (χ1v) is 4.86. The Morgan fingerprint density at radius 2 is 2.08 bits per heavy atom. The Kier molecular flexibility index (Phi) is 2.15. The lowest BCUT2D eigenvalue weighted by atomic mass is 10.2. The van der Waals surface area contributed by atoms with Crippen molar-refractivity contribution in [2.24, 2.45) is 4.99 Å². The van der Waals surface area contributed by atoms with Crippen LogP contribution in [0.4, 0.5) is 0 Å². The van der Waals surface area contributed by atoms with Gasteiger partial charge in [0.1, 0.15) is 5.84 Å². The molecule has 2 rings (SSSR count). The molecule has 0 saturated carbocycles. The Hall–Kier alpha value is -0.790. The van der Waals surface area contributed by atoms with E-state index in [1.54, 1.807) is 0 Å². The minimum atomic E-state index is 0.963. The summed E-state index contributed by atoms with van der Waals surface area (Å²) in [6.45, 7) is 6.20. The predicted molar refractivity (Wildman–Crippen MR) is 51.2 cm³/mol. The molecule has 0 atom stereocenters. The molecule has 2 heterocycles. The summed E-state index contributed by atoms with van der Waals surface area (Å²) < 4.78 is 0. The van der Waals surface area contributed by atoms with Crippen molar-refractivity contribution in [1.29, 1.82) is 0 Å². The molecule has 0 aromatic heterocycles. The minimum absolute atomic E-state index is 0.963. The molecule has 0 unspecified atom stereocenters. The predicted octanol–water partition coefficient (Wildman–Crippen LogP) is 2.18. The average molecular weight is 164 g/mol. The summed E-state index contributed by atoms with van der Waals surface area (Å²) >= 11 is 0. The van der Waals surface area contributed by atoms with Crippen LogP contribution in [0.2, 0.25) is 0 Å². The largest absolute Gasteiger partial charge is 0.334 e. The fraction of sp³-hybridized carbons (Fsp3) is 0.700. The molecule has 0 N–H and O–H groups in total. The highest BCUT2D eigenvalue weighted by atomic mass is 15.2. The highest BCUT2D eigenvalue weighted by molar-refractivity contribution is 5.84. The number of amidine groups is 1. The van der Waals surface area contributed by atoms with Crippen molar-refractivity contribution in [2.45, 2.75) is 32.1 Å². The topological polar surface area (TPSA) is 15.6 Å². The van der Waals surface area contributed by atoms with Gasteiger partial charge >= 0.3 is 0 Å². The van der Waals surface area contributed by atoms with Gasteiger partial charge in [-0.25, -0.2) is 0 Å². The molecule has 2 nitrogen and oxygen atoms in total. The van der Waals surface area contributed by atoms with E-state index in [0.29, 0.717) is 0 Å². The van der Waals surface area contributed by atoms with E-state index < -0.39 is 0 Å². The molecule has 0 bridgehead atoms. The maximum absolute atomic E-state index is 4.54. The zero-order chi connectivity index (χ0) is 8.39. The van der Waals surface area contributed by atoms with Crippen LogP contribution in [0.5, 0.6) is 0 Å². The zero-order valence-electron chi connectivity index (χ0n) is 7.55. The van der Waals surface area contributed by atoms with Gasteiger partial charge < -0.3 is 4.90 Å². The molecule has 0 aromatic rings. The number of hydrogen-bond donors (Lipinski definition) is 0. The van der Waals surface area contributed by atoms with Crippen molar-refractivity contribution in [2.75, 3.05) is 13.1 Å². The lowest BCUT2D eigenvalue weighted by Gasteiger charge is -2.29. The zero-order valence-corrected chi connectivity index (χ0v) is 7.55. The molecule has 0 aliphatic carbocycles. The van der Waals surface area contributed by atoms with E-state index >= 15 is 0 Å². The summed E-state index contributed by atoms with van der Waals surface area (Å²) in [5.41, 5.74) is 1.28. The Morgan fingerprint density at radius 1 is 1.17 bits per heavy atom. The molecule has 0 radical (unpaired) electrons. The molecule has 0 amide bonds. The van der Waals surface area contributed by atoms with Crippen molar-refractivity contribution in [3.8, 4) is 0 Å². The lowest BCUT2D eigenvalue weighted by Crippen LogP contribution is -2.32. The summed E-state index contributed by atoms with van der Waals surface area (Å²) in [5, 5.41) is 0. The third-order valence-electron chi connectivity index (χ3n) is 2.67. The monoisotopic (exact) mass is 164 g/mol. The number of fused-ring (bicyclic) bond motifs is 1. The number of rotatable bonds is 0. The quantitative estimate of drug-likeness (QED) is 0.536. The van der Waals surface area contributed by atoms with Gasteiger partial charge in [-0.3, -0.25) is 4.99 Å². The van der Waals surface area contributed by atoms with E-state index in [9.17, 15) is 0 Å². The standard InChI is InChI=1S/C10H16N2/c1-9-6-7-11-10-5-3-2-4-8-12(9)10/h1-8H2. The van der Waals surface area contributed by atoms with Gasteiger partial charge in [0.05, 0.1) is 0 Å². The molecule has 12 heavy (non-hydrogen) atoms. The van der Waals surface area contributed by atoms with Crippen LogP contribution < -0.4 is 0 Å². The molecule has 66 valence electrons. The van der Waals surface area contributed by atoms with Gasteiger partial charge in [-0.15, -0.1) is 0 Å². The highest BCUT2D eigenvalue weighted by Gasteiger charge is 2.19. The number of aliphatic imine (C=N–C) groups is 1. The molecule has 2 heteroatoms. The Labute approximate surface area is 74.0 Å². The average Bonchev–Trinajstić information content (AvgIpc) is 2.30. The van der Waals surface area contributed by atoms with Crippen molar-refractivity contribution >= 4 is 5.84 Å². The van der Waals surface area contributed by atoms with E-state index in [2.05, 4.69) is 16.5 Å². The second kappa shape index (κ2) is 3.30. The molecular weight excluding hydrogens is 148 g/mol. The van der Waals surface area contributed by atoms with E-state index in [-0.39, 0.29) is 0 Å². The van der Waals surface area contributed by atoms with Gasteiger partial charge in [0, 0.05) is 31.6 Å². The fourth-order valence-corrected chi connectivity index (χ4v) is 1.95. The van der Waals surface area contributed by atoms with Gasteiger partial charge in [-0.2, -0.15) is 0 Å². The van der Waals surface area contributed by atoms with Crippen LogP contribution in [0, 0.1) is 0 Å². The van der Waals surface area contributed by atoms with Crippen molar-refractivity contribution in [1.82, 2.24) is 4.90 Å². The van der Waals surface area contributed by atoms with Crippen LogP contribution in [0.25, 0.3) is 0 Å². The van der Waals surface area contributed by atoms with Gasteiger partial charge in [0.15, 0.2) is 0 Å². The van der Waals surface area contributed by atoms with E-state index in [4.69, 9.17) is 0 Å². The molecular formula is C10H16N2. The van der Waals surface area contributed by atoms with Crippen LogP contribution in [-0.2, 0) is 0 Å². The molecule has 1 fully saturated rings. The smallest absolute Gasteiger partial charge is 0.103 e. The summed E-state index contributed by atoms with van der Waals surface area (Å²) in [6.07, 6.45) is 6.19. The van der Waals surface area contributed by atoms with Gasteiger partial charge in [-0.1, -0.05) is 13.0 Å². The molecule has 2 aliphatic rings. The first kappa shape index (κ1) is 7.84. The van der Waals surface area contributed by atoms with Crippen molar-refractivity contribution in [3.05, 3.63) is 12.3 Å². The Balaban J connectivity index is 2.17.